The highest BCUT2D eigenvalue weighted by molar-refractivity contribution is 7.48. The number of imidazole rings is 4. The van der Waals surface area contributed by atoms with Crippen LogP contribution in [-0.4, -0.2) is 245 Å². The van der Waals surface area contributed by atoms with Gasteiger partial charge >= 0.3 is 73.3 Å². The average molecular weight is 1860 g/mol. The van der Waals surface area contributed by atoms with Gasteiger partial charge in [-0.05, 0) is 13.8 Å². The number of rotatable bonds is 32. The fourth-order valence-electron chi connectivity index (χ4n) is 14.8. The van der Waals surface area contributed by atoms with Gasteiger partial charge in [0.1, 0.15) is 150 Å². The Balaban J connectivity index is 0.625. The van der Waals surface area contributed by atoms with Crippen molar-refractivity contribution in [1.82, 2.24) is 97.2 Å². The van der Waals surface area contributed by atoms with Crippen molar-refractivity contribution >= 4 is 107 Å². The summed E-state index contributed by atoms with van der Waals surface area (Å²) in [6.07, 6.45) is -23.8. The van der Waals surface area contributed by atoms with Crippen LogP contribution in [0.1, 0.15) is 87.0 Å². The van der Waals surface area contributed by atoms with Crippen molar-refractivity contribution in [2.45, 2.75) is 163 Å². The predicted octanol–water partition coefficient (Wildman–Crippen LogP) is -3.85. The summed E-state index contributed by atoms with van der Waals surface area (Å²) in [5.41, 5.74) is 16.3. The maximum atomic E-state index is 14.6. The number of aromatic nitrogens is 20. The molecule has 60 nitrogen and oxygen atoms in total. The minimum Gasteiger partial charge on any atom is -0.394 e. The Morgan fingerprint density at radius 3 is 0.872 bits per heavy atom. The number of ether oxygens (including phenoxy) is 6. The van der Waals surface area contributed by atoms with Crippen LogP contribution in [-0.2, 0) is 96.5 Å². The largest absolute Gasteiger partial charge is 0.472 e. The number of nitrogens with one attached hydrogen (secondary N) is 6. The first-order chi connectivity index (χ1) is 59.1. The highest BCUT2D eigenvalue weighted by Crippen LogP contribution is 2.57. The third kappa shape index (κ3) is 19.0. The van der Waals surface area contributed by atoms with Crippen LogP contribution in [0.5, 0.6) is 0 Å². The van der Waals surface area contributed by atoms with Crippen LogP contribution < -0.4 is 68.2 Å². The Kier molecular flexibility index (Phi) is 24.4. The lowest BCUT2D eigenvalue weighted by atomic mass is 10.2. The molecule has 21 N–H and O–H groups in total. The van der Waals surface area contributed by atoms with Crippen molar-refractivity contribution in [3.05, 3.63) is 132 Å². The summed E-state index contributed by atoms with van der Waals surface area (Å²) in [5, 5.41) is 21.1. The average Bonchev–Trinajstić information content (AvgIpc) is 1.64. The molecule has 0 radical (unpaired) electrons. The quantitative estimate of drug-likeness (QED) is 0.0180. The van der Waals surface area contributed by atoms with Crippen LogP contribution >= 0.6 is 39.1 Å². The molecule has 5 unspecified atom stereocenters. The molecular weight excluding hydrogens is 1790 g/mol. The summed E-state index contributed by atoms with van der Waals surface area (Å²) >= 11 is 0. The van der Waals surface area contributed by atoms with Gasteiger partial charge < -0.3 is 86.0 Å². The summed E-state index contributed by atoms with van der Waals surface area (Å²) < 4.78 is 170. The zero-order valence-electron chi connectivity index (χ0n) is 64.1. The van der Waals surface area contributed by atoms with Crippen LogP contribution in [0.15, 0.2) is 76.1 Å². The number of nitrogens with two attached hydrogens (primary N) is 4. The highest BCUT2D eigenvalue weighted by Gasteiger charge is 2.52. The number of H-pyrrole nitrogens is 6. The first-order valence-electron chi connectivity index (χ1n) is 37.1. The summed E-state index contributed by atoms with van der Waals surface area (Å²) in [6, 6.07) is 0. The molecule has 0 bridgehead atoms. The van der Waals surface area contributed by atoms with E-state index in [9.17, 15) is 95.9 Å². The van der Waals surface area contributed by atoms with Gasteiger partial charge in [-0.1, -0.05) is 0 Å². The first-order valence-corrected chi connectivity index (χ1v) is 44.6. The van der Waals surface area contributed by atoms with Gasteiger partial charge in [0.2, 0.25) is 0 Å². The van der Waals surface area contributed by atoms with Crippen LogP contribution in [0.4, 0.5) is 23.3 Å². The van der Waals surface area contributed by atoms with E-state index in [1.54, 1.807) is 0 Å². The summed E-state index contributed by atoms with van der Waals surface area (Å²) in [7, 11) is -27.7. The number of phosphoric acid groups is 5. The molecule has 0 spiro atoms. The smallest absolute Gasteiger partial charge is 0.394 e. The van der Waals surface area contributed by atoms with Gasteiger partial charge in [0.15, 0.2) is 22.6 Å². The van der Waals surface area contributed by atoms with Gasteiger partial charge in [-0.15, -0.1) is 0 Å². The lowest BCUT2D eigenvalue weighted by molar-refractivity contribution is -0.0641. The van der Waals surface area contributed by atoms with Gasteiger partial charge in [-0.3, -0.25) is 112 Å². The Hall–Kier alpha value is -9.81. The van der Waals surface area contributed by atoms with Crippen LogP contribution in [0.3, 0.4) is 0 Å². The number of aryl methyl sites for hydroxylation is 2. The number of aliphatic hydroxyl groups excluding tert-OH is 2. The molecule has 676 valence electrons. The number of aliphatic hydroxyl groups is 2. The normalized spacial score (nSPS) is 29.0. The van der Waals surface area contributed by atoms with Crippen LogP contribution in [0.25, 0.3) is 44.7 Å². The van der Waals surface area contributed by atoms with Crippen molar-refractivity contribution < 1.29 is 131 Å². The second kappa shape index (κ2) is 34.4. The standard InChI is InChI=1S/C60H75N24O36P5/c1-21-9-79(59(93)77-53(21)87)35-3-23(86)30(111-35)12-105-121(95,96)117-25-5-37(81-17-65-41-45(61)69-55(89)73-49(41)81)113-32(25)14-107-123(99,100)119-27-7-39(83-19-67-43-47(63)71-57(91)75-51(43)83)115-34(27)16-109-125(103,104)120-28-8-40(84-20-68-44-48(64)72-58(92)76-52(44)84)114-33(28)15-108-124(101,102)118-26-6-38(82-18-66-42-46(62)70-56(90)74-50(42)82)112-31(26)13-106-122(97,98)116-24-4-36(110-29(24)11-85)80-10-22(2)54(88)78-60(80)94/h9-10,17-20,23-40,85-86H,3-8,11-16H2,1-2H3,(H,95,96)(H,97,98)(H,99,100)(H,101,102)(H,103,104)(H,77,87,93)(H,78,88,94)(H3,61,69,73,89)(H3,62,70,74,90)(H3,63,71,75,91)(H3,64,72,76,92)/t23-,24-,25-,26-,27-,28-,29+,30+,31+,32+,33+,34+,35+,36+,37+,38+,39+,40+/m0/s1. The van der Waals surface area contributed by atoms with E-state index < -0.39 is 260 Å². The maximum absolute atomic E-state index is 14.6. The van der Waals surface area contributed by atoms with Crippen LogP contribution in [0, 0.1) is 13.8 Å². The number of aromatic amines is 6. The lowest BCUT2D eigenvalue weighted by Gasteiger charge is -2.26. The molecule has 23 atom stereocenters. The van der Waals surface area contributed by atoms with Crippen molar-refractivity contribution in [3.63, 3.8) is 0 Å². The number of nitrogen functional groups attached to an aromatic ring is 4. The Bertz CT molecular complexity index is 6600. The van der Waals surface area contributed by atoms with Crippen molar-refractivity contribution in [2.75, 3.05) is 62.6 Å². The fourth-order valence-corrected chi connectivity index (χ4v) is 19.6. The van der Waals surface area contributed by atoms with E-state index in [1.807, 2.05) is 0 Å². The molecule has 0 aromatic carbocycles. The van der Waals surface area contributed by atoms with Crippen LogP contribution in [0.2, 0.25) is 0 Å². The van der Waals surface area contributed by atoms with E-state index in [2.05, 4.69) is 69.8 Å². The molecule has 6 aliphatic rings. The zero-order valence-corrected chi connectivity index (χ0v) is 68.6. The minimum absolute atomic E-state index is 0.0373. The number of nitrogens with zero attached hydrogens (tertiary/aromatic N) is 14. The van der Waals surface area contributed by atoms with Crippen molar-refractivity contribution in [1.29, 1.82) is 0 Å². The second-order valence-electron chi connectivity index (χ2n) is 29.1. The fraction of sp³-hybridized carbons (Fsp3) is 0.533. The number of anilines is 4. The molecule has 0 saturated carbocycles. The maximum Gasteiger partial charge on any atom is 0.472 e. The van der Waals surface area contributed by atoms with E-state index in [0.29, 0.717) is 0 Å². The number of hydrogen-bond acceptors (Lipinski definition) is 43. The summed E-state index contributed by atoms with van der Waals surface area (Å²) in [6.45, 7) is -3.30. The van der Waals surface area contributed by atoms with Crippen molar-refractivity contribution in [2.24, 2.45) is 0 Å². The topological polar surface area (TPSA) is 843 Å². The van der Waals surface area contributed by atoms with E-state index in [1.165, 1.54) is 24.6 Å². The molecule has 6 fully saturated rings. The molecule has 65 heteroatoms. The van der Waals surface area contributed by atoms with Gasteiger partial charge in [0.25, 0.3) is 11.1 Å². The molecular formula is C60H75N24O36P5. The molecule has 0 aliphatic carbocycles. The highest BCUT2D eigenvalue weighted by atomic mass is 31.2. The van der Waals surface area contributed by atoms with Gasteiger partial charge in [-0.25, -0.2) is 71.5 Å². The summed E-state index contributed by atoms with van der Waals surface area (Å²) in [5.74, 6) is -0.980. The summed E-state index contributed by atoms with van der Waals surface area (Å²) in [4.78, 5) is 203. The Labute approximate surface area is 690 Å². The molecule has 16 rings (SSSR count). The molecule has 10 aromatic heterocycles. The number of fused-ring (bicyclic) bond motifs is 4. The molecule has 16 heterocycles. The third-order valence-electron chi connectivity index (χ3n) is 20.7. The second-order valence-corrected chi connectivity index (χ2v) is 36.1. The third-order valence-corrected chi connectivity index (χ3v) is 25.7. The van der Waals surface area contributed by atoms with Crippen molar-refractivity contribution in [3.8, 4) is 0 Å². The lowest BCUT2D eigenvalue weighted by Crippen LogP contribution is -2.33. The first kappa shape index (κ1) is 88.6. The van der Waals surface area contributed by atoms with E-state index >= 15 is 0 Å². The Morgan fingerprint density at radius 1 is 0.368 bits per heavy atom. The minimum atomic E-state index is -5.69. The number of hydrogen-bond donors (Lipinski definition) is 17. The van der Waals surface area contributed by atoms with Gasteiger partial charge in [0.05, 0.1) is 71.1 Å². The van der Waals surface area contributed by atoms with E-state index in [0.717, 1.165) is 54.3 Å². The van der Waals surface area contributed by atoms with Gasteiger partial charge in [-0.2, -0.15) is 19.9 Å². The van der Waals surface area contributed by atoms with E-state index in [-0.39, 0.29) is 91.9 Å². The van der Waals surface area contributed by atoms with Gasteiger partial charge in [0, 0.05) is 62.0 Å². The SMILES string of the molecule is Cc1cn([C@H]2C[C@H](OP(=O)(O)OC[C@H]3O[C@@H](n4cnc5c(N)[nH]c(=O)nc54)C[C@@H]3OP(=O)(O)OC[C@H]3O[C@@H](n4cnc5c(N)[nH]c(=O)nc54)C[C@@H]3OP(=O)(O)OC[C@H]3O[C@@H](n4cnc5c(N)[nH]c(=O)nc54)C[C@@H]3OP(=O)(O)OC[C@H]3O[C@@H](n4cnc5c(N)[nH]c(=O)nc54)C[C@@H]3OP(=O)(O)OC[C@H]3O[C@@H](n4cc(C)c(=O)[nH]c4=O)C[C@@H]3O)[C@@H](CO)O2)c(=O)[nH]c1=O. The monoisotopic (exact) mass is 1860 g/mol. The predicted molar refractivity (Wildman–Crippen MR) is 410 cm³/mol. The van der Waals surface area contributed by atoms with E-state index in [4.69, 9.17) is 96.6 Å². The molecule has 6 saturated heterocycles. The molecule has 0 amide bonds. The molecule has 10 aromatic rings. The Morgan fingerprint density at radius 2 is 0.600 bits per heavy atom. The molecule has 6 aliphatic heterocycles. The number of phosphoric ester groups is 5. The zero-order chi connectivity index (χ0) is 89.0. The molecule has 125 heavy (non-hydrogen) atoms.